The van der Waals surface area contributed by atoms with Crippen LogP contribution < -0.4 is 5.32 Å². The van der Waals surface area contributed by atoms with Gasteiger partial charge in [-0.15, -0.1) is 11.3 Å². The van der Waals surface area contributed by atoms with E-state index in [0.29, 0.717) is 18.7 Å². The van der Waals surface area contributed by atoms with Crippen LogP contribution in [0.5, 0.6) is 0 Å². The summed E-state index contributed by atoms with van der Waals surface area (Å²) in [4.78, 5) is 29.0. The van der Waals surface area contributed by atoms with Crippen LogP contribution in [0.15, 0.2) is 34.0 Å². The molecule has 0 saturated carbocycles. The second-order valence-corrected chi connectivity index (χ2v) is 8.83. The number of halogens is 1. The van der Waals surface area contributed by atoms with Gasteiger partial charge in [0.25, 0.3) is 0 Å². The molecule has 1 aliphatic heterocycles. The molecule has 0 unspecified atom stereocenters. The average molecular weight is 426 g/mol. The first kappa shape index (κ1) is 20.1. The second-order valence-electron chi connectivity index (χ2n) is 6.19. The quantitative estimate of drug-likeness (QED) is 0.599. The van der Waals surface area contributed by atoms with Gasteiger partial charge in [-0.05, 0) is 24.1 Å². The predicted octanol–water partition coefficient (Wildman–Crippen LogP) is 3.37. The number of rotatable bonds is 9. The lowest BCUT2D eigenvalue weighted by atomic mass is 10.2. The molecule has 0 spiro atoms. The summed E-state index contributed by atoms with van der Waals surface area (Å²) >= 11 is 8.70. The maximum atomic E-state index is 12.2. The zero-order valence-corrected chi connectivity index (χ0v) is 16.9. The fourth-order valence-corrected chi connectivity index (χ4v) is 4.89. The van der Waals surface area contributed by atoms with Crippen LogP contribution in [0.3, 0.4) is 0 Å². The zero-order chi connectivity index (χ0) is 19.2. The largest absolute Gasteiger partial charge is 0.476 e. The van der Waals surface area contributed by atoms with E-state index >= 15 is 0 Å². The Kier molecular flexibility index (Phi) is 7.12. The number of amides is 1. The number of nitrogens with one attached hydrogen (secondary N) is 1. The minimum Gasteiger partial charge on any atom is -0.476 e. The van der Waals surface area contributed by atoms with E-state index in [4.69, 9.17) is 16.7 Å². The van der Waals surface area contributed by atoms with E-state index in [1.807, 2.05) is 29.2 Å². The Balaban J connectivity index is 1.44. The van der Waals surface area contributed by atoms with Crippen LogP contribution in [0.1, 0.15) is 28.9 Å². The normalized spacial score (nSPS) is 16.9. The summed E-state index contributed by atoms with van der Waals surface area (Å²) < 4.78 is 0.719. The number of aromatic nitrogens is 1. The van der Waals surface area contributed by atoms with Crippen LogP contribution in [0.4, 0.5) is 0 Å². The number of thiazole rings is 1. The summed E-state index contributed by atoms with van der Waals surface area (Å²) in [5.41, 5.74) is 1.23. The van der Waals surface area contributed by atoms with Crippen molar-refractivity contribution in [2.45, 2.75) is 29.8 Å². The smallest absolute Gasteiger partial charge is 0.355 e. The first-order chi connectivity index (χ1) is 13.0. The number of thioether (sulfide) groups is 1. The molecule has 1 aromatic carbocycles. The molecular formula is C18H20ClN3O3S2. The molecule has 0 bridgehead atoms. The van der Waals surface area contributed by atoms with Crippen molar-refractivity contribution >= 4 is 46.6 Å². The van der Waals surface area contributed by atoms with Gasteiger partial charge in [0.1, 0.15) is 0 Å². The molecular weight excluding hydrogens is 406 g/mol. The van der Waals surface area contributed by atoms with Crippen LogP contribution in [-0.2, 0) is 11.3 Å². The predicted molar refractivity (Wildman–Crippen MR) is 108 cm³/mol. The third-order valence-electron chi connectivity index (χ3n) is 4.33. The van der Waals surface area contributed by atoms with Crippen molar-refractivity contribution in [2.24, 2.45) is 0 Å². The Morgan fingerprint density at radius 3 is 2.89 bits per heavy atom. The standard InChI is InChI=1S/C18H20ClN3O3S2/c19-13-3-1-12(2-4-13)9-20-10-14-5-6-16(23)22(14)7-8-26-18-21-15(11-27-18)17(24)25/h1-4,11,14,20H,5-10H2,(H,24,25)/t14-/m1/s1. The number of aromatic carboxylic acids is 1. The summed E-state index contributed by atoms with van der Waals surface area (Å²) in [5, 5.41) is 14.6. The number of likely N-dealkylation sites (tertiary alicyclic amines) is 1. The van der Waals surface area contributed by atoms with Gasteiger partial charge in [-0.25, -0.2) is 9.78 Å². The molecule has 2 aromatic rings. The molecule has 1 aromatic heterocycles. The van der Waals surface area contributed by atoms with E-state index < -0.39 is 5.97 Å². The fourth-order valence-electron chi connectivity index (χ4n) is 2.95. The molecule has 1 atom stereocenters. The molecule has 0 radical (unpaired) electrons. The van der Waals surface area contributed by atoms with E-state index in [2.05, 4.69) is 10.3 Å². The summed E-state index contributed by atoms with van der Waals surface area (Å²) in [6.45, 7) is 2.12. The minimum absolute atomic E-state index is 0.0732. The van der Waals surface area contributed by atoms with Crippen LogP contribution in [0, 0.1) is 0 Å². The van der Waals surface area contributed by atoms with Crippen molar-refractivity contribution in [3.8, 4) is 0 Å². The minimum atomic E-state index is -1.01. The van der Waals surface area contributed by atoms with E-state index in [1.165, 1.54) is 28.5 Å². The van der Waals surface area contributed by atoms with Gasteiger partial charge in [0.05, 0.1) is 0 Å². The molecule has 2 N–H and O–H groups in total. The molecule has 1 amide bonds. The van der Waals surface area contributed by atoms with Crippen LogP contribution in [-0.4, -0.2) is 51.8 Å². The van der Waals surface area contributed by atoms with Gasteiger partial charge >= 0.3 is 5.97 Å². The van der Waals surface area contributed by atoms with Crippen molar-refractivity contribution in [1.29, 1.82) is 0 Å². The van der Waals surface area contributed by atoms with Crippen molar-refractivity contribution in [3.63, 3.8) is 0 Å². The molecule has 6 nitrogen and oxygen atoms in total. The first-order valence-electron chi connectivity index (χ1n) is 8.59. The molecule has 27 heavy (non-hydrogen) atoms. The Morgan fingerprint density at radius 2 is 2.19 bits per heavy atom. The third-order valence-corrected chi connectivity index (χ3v) is 6.59. The third kappa shape index (κ3) is 5.68. The maximum absolute atomic E-state index is 12.2. The number of carbonyl (C=O) groups is 2. The van der Waals surface area contributed by atoms with Gasteiger partial charge in [0.2, 0.25) is 5.91 Å². The highest BCUT2D eigenvalue weighted by molar-refractivity contribution is 8.01. The van der Waals surface area contributed by atoms with E-state index in [-0.39, 0.29) is 17.6 Å². The second kappa shape index (κ2) is 9.54. The average Bonchev–Trinajstić information content (AvgIpc) is 3.25. The first-order valence-corrected chi connectivity index (χ1v) is 10.8. The molecule has 144 valence electrons. The molecule has 1 fully saturated rings. The molecule has 9 heteroatoms. The Bertz CT molecular complexity index is 797. The van der Waals surface area contributed by atoms with Crippen LogP contribution in [0.25, 0.3) is 0 Å². The number of benzene rings is 1. The SMILES string of the molecule is O=C(O)c1csc(SCCN2C(=O)CC[C@@H]2CNCc2ccc(Cl)cc2)n1. The molecule has 3 rings (SSSR count). The van der Waals surface area contributed by atoms with Gasteiger partial charge in [0, 0.05) is 48.3 Å². The zero-order valence-electron chi connectivity index (χ0n) is 14.6. The lowest BCUT2D eigenvalue weighted by molar-refractivity contribution is -0.128. The molecule has 0 aliphatic carbocycles. The summed E-state index contributed by atoms with van der Waals surface area (Å²) in [6, 6.07) is 7.91. The topological polar surface area (TPSA) is 82.5 Å². The van der Waals surface area contributed by atoms with Gasteiger partial charge in [0.15, 0.2) is 10.0 Å². The van der Waals surface area contributed by atoms with Crippen molar-refractivity contribution in [3.05, 3.63) is 45.9 Å². The van der Waals surface area contributed by atoms with Crippen LogP contribution in [0.2, 0.25) is 5.02 Å². The number of hydrogen-bond acceptors (Lipinski definition) is 6. The van der Waals surface area contributed by atoms with Gasteiger partial charge in [-0.2, -0.15) is 0 Å². The Morgan fingerprint density at radius 1 is 1.41 bits per heavy atom. The summed E-state index contributed by atoms with van der Waals surface area (Å²) in [5.74, 6) is -0.134. The monoisotopic (exact) mass is 425 g/mol. The summed E-state index contributed by atoms with van der Waals surface area (Å²) in [6.07, 6.45) is 1.44. The summed E-state index contributed by atoms with van der Waals surface area (Å²) in [7, 11) is 0. The maximum Gasteiger partial charge on any atom is 0.355 e. The Labute approximate surface area is 170 Å². The van der Waals surface area contributed by atoms with Crippen molar-refractivity contribution in [2.75, 3.05) is 18.8 Å². The van der Waals surface area contributed by atoms with Gasteiger partial charge < -0.3 is 15.3 Å². The number of carboxylic acid groups (broad SMARTS) is 1. The highest BCUT2D eigenvalue weighted by Gasteiger charge is 2.30. The lowest BCUT2D eigenvalue weighted by Crippen LogP contribution is -2.41. The fraction of sp³-hybridized carbons (Fsp3) is 0.389. The highest BCUT2D eigenvalue weighted by atomic mass is 35.5. The van der Waals surface area contributed by atoms with E-state index in [0.717, 1.165) is 34.4 Å². The number of nitrogens with zero attached hydrogens (tertiary/aromatic N) is 2. The Hall–Kier alpha value is -1.61. The highest BCUT2D eigenvalue weighted by Crippen LogP contribution is 2.25. The molecule has 2 heterocycles. The molecule has 1 aliphatic rings. The number of carboxylic acids is 1. The van der Waals surface area contributed by atoms with Crippen molar-refractivity contribution < 1.29 is 14.7 Å². The van der Waals surface area contributed by atoms with Crippen molar-refractivity contribution in [1.82, 2.24) is 15.2 Å². The van der Waals surface area contributed by atoms with Crippen LogP contribution >= 0.6 is 34.7 Å². The van der Waals surface area contributed by atoms with E-state index in [1.54, 1.807) is 0 Å². The van der Waals surface area contributed by atoms with E-state index in [9.17, 15) is 9.59 Å². The lowest BCUT2D eigenvalue weighted by Gasteiger charge is -2.25. The van der Waals surface area contributed by atoms with Gasteiger partial charge in [-0.1, -0.05) is 35.5 Å². The number of carbonyl (C=O) groups excluding carboxylic acids is 1. The number of hydrogen-bond donors (Lipinski definition) is 2. The van der Waals surface area contributed by atoms with Gasteiger partial charge in [-0.3, -0.25) is 4.79 Å². The molecule has 1 saturated heterocycles.